The van der Waals surface area contributed by atoms with Crippen molar-refractivity contribution in [3.05, 3.63) is 35.1 Å². The fourth-order valence-electron chi connectivity index (χ4n) is 6.36. The van der Waals surface area contributed by atoms with Gasteiger partial charge in [0.15, 0.2) is 11.6 Å². The number of primary amides is 1. The standard InChI is InChI=1S/C32H47BFNO4Si/c1-19(2)40(20(3)4,21(5)6)18-17-22-15-14-16-23-24(22)26(33-38-31(10,11)32(12,13)39-33)25(30(7,8)9)28(27(23)34)37-29(35)36/h14-16,19-21H,1-13H3,(H2,35,36). The van der Waals surface area contributed by atoms with Crippen LogP contribution >= 0.6 is 0 Å². The second-order valence-electron chi connectivity index (χ2n) is 14.1. The molecule has 0 saturated carbocycles. The Balaban J connectivity index is 2.56. The fourth-order valence-corrected chi connectivity index (χ4v) is 11.6. The first-order valence-corrected chi connectivity index (χ1v) is 16.6. The molecule has 2 aromatic carbocycles. The van der Waals surface area contributed by atoms with Gasteiger partial charge in [-0.05, 0) is 61.3 Å². The topological polar surface area (TPSA) is 70.8 Å². The molecule has 0 aliphatic carbocycles. The molecule has 1 saturated heterocycles. The van der Waals surface area contributed by atoms with Crippen molar-refractivity contribution in [2.24, 2.45) is 5.73 Å². The van der Waals surface area contributed by atoms with E-state index in [9.17, 15) is 4.79 Å². The van der Waals surface area contributed by atoms with E-state index in [-0.39, 0.29) is 11.1 Å². The summed E-state index contributed by atoms with van der Waals surface area (Å²) in [6.45, 7) is 27.3. The molecule has 2 aromatic rings. The van der Waals surface area contributed by atoms with Crippen molar-refractivity contribution in [1.82, 2.24) is 0 Å². The molecule has 1 aliphatic heterocycles. The zero-order valence-corrected chi connectivity index (χ0v) is 27.6. The molecule has 3 rings (SSSR count). The van der Waals surface area contributed by atoms with Gasteiger partial charge in [-0.1, -0.05) is 80.4 Å². The quantitative estimate of drug-likeness (QED) is 0.298. The summed E-state index contributed by atoms with van der Waals surface area (Å²) in [5.74, 6) is 2.70. The third kappa shape index (κ3) is 5.45. The number of benzene rings is 2. The van der Waals surface area contributed by atoms with Gasteiger partial charge in [0, 0.05) is 21.9 Å². The SMILES string of the molecule is CC(C)[Si](C#Cc1cccc2c(F)c(OC(N)=O)c(C(C)(C)C)c(B3OC(C)(C)C(C)(C)O3)c12)(C(C)C)C(C)C. The van der Waals surface area contributed by atoms with E-state index in [4.69, 9.17) is 19.8 Å². The summed E-state index contributed by atoms with van der Waals surface area (Å²) >= 11 is 0. The highest BCUT2D eigenvalue weighted by Crippen LogP contribution is 2.43. The van der Waals surface area contributed by atoms with E-state index in [0.29, 0.717) is 38.6 Å². The predicted molar refractivity (Wildman–Crippen MR) is 166 cm³/mol. The highest BCUT2D eigenvalue weighted by molar-refractivity contribution is 6.90. The second-order valence-corrected chi connectivity index (χ2v) is 19.6. The smallest absolute Gasteiger partial charge is 0.407 e. The minimum absolute atomic E-state index is 0.197. The van der Waals surface area contributed by atoms with Crippen molar-refractivity contribution in [3.63, 3.8) is 0 Å². The summed E-state index contributed by atoms with van der Waals surface area (Å²) in [5.41, 5.74) is 10.4. The Kier molecular flexibility index (Phi) is 8.70. The first-order chi connectivity index (χ1) is 18.2. The third-order valence-corrected chi connectivity index (χ3v) is 15.3. The van der Waals surface area contributed by atoms with Crippen LogP contribution < -0.4 is 15.9 Å². The fraction of sp³-hybridized carbons (Fsp3) is 0.594. The maximum absolute atomic E-state index is 16.4. The number of nitrogens with two attached hydrogens (primary N) is 1. The highest BCUT2D eigenvalue weighted by Gasteiger charge is 2.54. The summed E-state index contributed by atoms with van der Waals surface area (Å²) in [5, 5.41) is 0.901. The average Bonchev–Trinajstić information content (AvgIpc) is 3.00. The molecular weight excluding hydrogens is 520 g/mol. The Morgan fingerprint density at radius 3 is 1.93 bits per heavy atom. The number of carbonyl (C=O) groups is 1. The summed E-state index contributed by atoms with van der Waals surface area (Å²) < 4.78 is 34.9. The lowest BCUT2D eigenvalue weighted by atomic mass is 9.66. The lowest BCUT2D eigenvalue weighted by molar-refractivity contribution is 0.00578. The van der Waals surface area contributed by atoms with Crippen LogP contribution in [0.4, 0.5) is 9.18 Å². The molecule has 0 bridgehead atoms. The van der Waals surface area contributed by atoms with Crippen LogP contribution in [0.3, 0.4) is 0 Å². The number of ether oxygens (including phenoxy) is 1. The molecule has 1 aliphatic rings. The van der Waals surface area contributed by atoms with E-state index in [1.807, 2.05) is 54.5 Å². The van der Waals surface area contributed by atoms with Gasteiger partial charge in [-0.2, -0.15) is 0 Å². The third-order valence-electron chi connectivity index (χ3n) is 8.99. The molecule has 0 spiro atoms. The van der Waals surface area contributed by atoms with Gasteiger partial charge in [0.1, 0.15) is 8.07 Å². The summed E-state index contributed by atoms with van der Waals surface area (Å²) in [6.07, 6.45) is -1.08. The summed E-state index contributed by atoms with van der Waals surface area (Å²) in [4.78, 5) is 12.0. The van der Waals surface area contributed by atoms with Crippen LogP contribution in [0, 0.1) is 17.3 Å². The number of halogens is 1. The predicted octanol–water partition coefficient (Wildman–Crippen LogP) is 7.60. The minimum atomic E-state index is -2.09. The van der Waals surface area contributed by atoms with Gasteiger partial charge in [0.05, 0.1) is 11.2 Å². The largest absolute Gasteiger partial charge is 0.495 e. The van der Waals surface area contributed by atoms with Crippen LogP contribution in [-0.4, -0.2) is 32.5 Å². The molecule has 5 nitrogen and oxygen atoms in total. The Morgan fingerprint density at radius 2 is 1.50 bits per heavy atom. The second kappa shape index (κ2) is 10.8. The zero-order chi connectivity index (χ0) is 30.6. The first kappa shape index (κ1) is 32.2. The average molecular weight is 568 g/mol. The van der Waals surface area contributed by atoms with Crippen LogP contribution in [0.2, 0.25) is 16.6 Å². The maximum Gasteiger partial charge on any atom is 0.495 e. The van der Waals surface area contributed by atoms with E-state index in [1.165, 1.54) is 0 Å². The number of amides is 1. The van der Waals surface area contributed by atoms with Crippen LogP contribution in [0.5, 0.6) is 5.75 Å². The first-order valence-electron chi connectivity index (χ1n) is 14.3. The molecule has 1 fully saturated rings. The normalized spacial score (nSPS) is 17.1. The highest BCUT2D eigenvalue weighted by atomic mass is 28.3. The molecule has 0 aromatic heterocycles. The molecule has 1 amide bonds. The van der Waals surface area contributed by atoms with Crippen molar-refractivity contribution in [1.29, 1.82) is 0 Å². The number of rotatable bonds is 5. The number of hydrogen-bond donors (Lipinski definition) is 1. The van der Waals surface area contributed by atoms with Gasteiger partial charge in [-0.3, -0.25) is 0 Å². The van der Waals surface area contributed by atoms with Gasteiger partial charge in [-0.15, -0.1) is 5.54 Å². The van der Waals surface area contributed by atoms with E-state index >= 15 is 4.39 Å². The van der Waals surface area contributed by atoms with E-state index < -0.39 is 43.7 Å². The van der Waals surface area contributed by atoms with E-state index in [1.54, 1.807) is 12.1 Å². The molecule has 0 unspecified atom stereocenters. The summed E-state index contributed by atoms with van der Waals surface area (Å²) in [6, 6.07) is 5.41. The van der Waals surface area contributed by atoms with Crippen LogP contribution in [-0.2, 0) is 14.7 Å². The molecule has 1 heterocycles. The van der Waals surface area contributed by atoms with Gasteiger partial charge in [0.25, 0.3) is 0 Å². The number of hydrogen-bond acceptors (Lipinski definition) is 4. The van der Waals surface area contributed by atoms with Gasteiger partial charge in [0.2, 0.25) is 0 Å². The van der Waals surface area contributed by atoms with E-state index in [0.717, 1.165) is 0 Å². The van der Waals surface area contributed by atoms with Crippen molar-refractivity contribution in [2.45, 2.75) is 123 Å². The van der Waals surface area contributed by atoms with Crippen LogP contribution in [0.1, 0.15) is 101 Å². The molecule has 0 atom stereocenters. The molecule has 2 N–H and O–H groups in total. The Bertz CT molecular complexity index is 1330. The minimum Gasteiger partial charge on any atom is -0.407 e. The lowest BCUT2D eigenvalue weighted by Gasteiger charge is -2.38. The molecular formula is C32H47BFNO4Si. The van der Waals surface area contributed by atoms with Crippen molar-refractivity contribution >= 4 is 37.5 Å². The summed E-state index contributed by atoms with van der Waals surface area (Å²) in [7, 11) is -2.94. The Labute approximate surface area is 241 Å². The zero-order valence-electron chi connectivity index (χ0n) is 26.6. The Morgan fingerprint density at radius 1 is 1.00 bits per heavy atom. The Hall–Kier alpha value is -2.34. The van der Waals surface area contributed by atoms with E-state index in [2.05, 4.69) is 53.0 Å². The molecule has 8 heteroatoms. The van der Waals surface area contributed by atoms with Crippen LogP contribution in [0.25, 0.3) is 10.8 Å². The molecule has 0 radical (unpaired) electrons. The number of carbonyl (C=O) groups excluding carboxylic acids is 1. The molecule has 40 heavy (non-hydrogen) atoms. The van der Waals surface area contributed by atoms with Crippen molar-refractivity contribution in [2.75, 3.05) is 0 Å². The van der Waals surface area contributed by atoms with Crippen molar-refractivity contribution in [3.8, 4) is 17.2 Å². The molecule has 218 valence electrons. The van der Waals surface area contributed by atoms with Crippen molar-refractivity contribution < 1.29 is 23.2 Å². The van der Waals surface area contributed by atoms with Crippen LogP contribution in [0.15, 0.2) is 18.2 Å². The van der Waals surface area contributed by atoms with Gasteiger partial charge >= 0.3 is 13.2 Å². The van der Waals surface area contributed by atoms with Gasteiger partial charge in [-0.25, -0.2) is 9.18 Å². The lowest BCUT2D eigenvalue weighted by Crippen LogP contribution is -2.43. The maximum atomic E-state index is 16.4. The monoisotopic (exact) mass is 567 g/mol. The van der Waals surface area contributed by atoms with Gasteiger partial charge < -0.3 is 19.8 Å². The number of fused-ring (bicyclic) bond motifs is 1.